The van der Waals surface area contributed by atoms with Gasteiger partial charge in [-0.1, -0.05) is 27.7 Å². The van der Waals surface area contributed by atoms with E-state index in [-0.39, 0.29) is 71.3 Å². The number of anilines is 4. The fourth-order valence-corrected chi connectivity index (χ4v) is 17.1. The molecule has 6 aliphatic heterocycles. The van der Waals surface area contributed by atoms with Crippen LogP contribution in [-0.4, -0.2) is 174 Å². The van der Waals surface area contributed by atoms with Crippen molar-refractivity contribution in [3.05, 3.63) is 115 Å². The molecule has 7 aliphatic rings. The highest BCUT2D eigenvalue weighted by atomic mass is 32.1. The molecule has 9 aromatic heterocycles. The van der Waals surface area contributed by atoms with Crippen LogP contribution in [0.3, 0.4) is 0 Å². The van der Waals surface area contributed by atoms with Crippen molar-refractivity contribution in [3.8, 4) is 0 Å². The summed E-state index contributed by atoms with van der Waals surface area (Å²) in [6.07, 6.45) is 23.4. The van der Waals surface area contributed by atoms with Crippen molar-refractivity contribution in [2.24, 2.45) is 24.8 Å². The Balaban J connectivity index is 0.000000129. The molecule has 0 bridgehead atoms. The normalized spacial score (nSPS) is 21.6. The highest BCUT2D eigenvalue weighted by Crippen LogP contribution is 2.39. The second kappa shape index (κ2) is 29.3. The summed E-state index contributed by atoms with van der Waals surface area (Å²) in [6.45, 7) is 23.1. The molecule has 0 unspecified atom stereocenters. The molecule has 0 radical (unpaired) electrons. The molecule has 0 saturated carbocycles. The fraction of sp³-hybridized carbons (Fsp3) is 0.562. The number of likely N-dealkylation sites (tertiary alicyclic amines) is 3. The van der Waals surface area contributed by atoms with Gasteiger partial charge in [-0.2, -0.15) is 20.4 Å². The average molecular weight is 1390 g/mol. The smallest absolute Gasteiger partial charge is 0.280 e. The van der Waals surface area contributed by atoms with E-state index in [1.165, 1.54) is 47.2 Å². The maximum atomic E-state index is 13.6. The lowest BCUT2D eigenvalue weighted by atomic mass is 9.98. The molecule has 101 heavy (non-hydrogen) atoms. The molecule has 5 amide bonds. The van der Waals surface area contributed by atoms with Gasteiger partial charge in [0.25, 0.3) is 23.6 Å². The Labute approximate surface area is 592 Å². The number of nitrogens with one attached hydrogen (secondary N) is 2. The van der Waals surface area contributed by atoms with Gasteiger partial charge in [-0.15, -0.1) is 11.3 Å². The Bertz CT molecular complexity index is 4540. The molecule has 534 valence electrons. The predicted octanol–water partition coefficient (Wildman–Crippen LogP) is 10.5. The molecule has 0 spiro atoms. The number of carbonyl (C=O) groups excluding carboxylic acids is 5. The zero-order chi connectivity index (χ0) is 70.3. The summed E-state index contributed by atoms with van der Waals surface area (Å²) in [6, 6.07) is 9.50. The van der Waals surface area contributed by atoms with Gasteiger partial charge in [-0.3, -0.25) is 28.7 Å². The molecule has 28 heteroatoms. The summed E-state index contributed by atoms with van der Waals surface area (Å²) >= 11 is 1.72. The lowest BCUT2D eigenvalue weighted by Gasteiger charge is -2.34. The molecule has 27 nitrogen and oxygen atoms in total. The van der Waals surface area contributed by atoms with E-state index in [4.69, 9.17) is 34.9 Å². The first-order valence-corrected chi connectivity index (χ1v) is 37.5. The third-order valence-corrected chi connectivity index (χ3v) is 22.6. The van der Waals surface area contributed by atoms with E-state index in [9.17, 15) is 24.0 Å². The van der Waals surface area contributed by atoms with Crippen molar-refractivity contribution in [3.63, 3.8) is 0 Å². The first-order chi connectivity index (χ1) is 48.9. The van der Waals surface area contributed by atoms with E-state index in [0.717, 1.165) is 189 Å². The van der Waals surface area contributed by atoms with Crippen LogP contribution in [0.5, 0.6) is 0 Å². The molecule has 1 aliphatic carbocycles. The molecule has 0 aromatic carbocycles. The number of aryl methyl sites for hydroxylation is 6. The molecule has 9 aromatic rings. The zero-order valence-electron chi connectivity index (χ0n) is 59.8. The number of amides is 5. The number of hydrogen-bond donors (Lipinski definition) is 2. The summed E-state index contributed by atoms with van der Waals surface area (Å²) in [5, 5.41) is 31.4. The second-order valence-corrected chi connectivity index (χ2v) is 30.3. The maximum absolute atomic E-state index is 13.6. The predicted molar refractivity (Wildman–Crippen MR) is 385 cm³/mol. The number of rotatable bonds is 12. The number of carbonyl (C=O) groups is 5. The van der Waals surface area contributed by atoms with Crippen LogP contribution in [-0.2, 0) is 24.7 Å². The molecule has 6 saturated heterocycles. The van der Waals surface area contributed by atoms with E-state index in [1.807, 2.05) is 38.5 Å². The monoisotopic (exact) mass is 1390 g/mol. The van der Waals surface area contributed by atoms with E-state index >= 15 is 0 Å². The molecule has 6 atom stereocenters. The van der Waals surface area contributed by atoms with Crippen LogP contribution in [0, 0.1) is 38.5 Å². The summed E-state index contributed by atoms with van der Waals surface area (Å²) < 4.78 is 11.8. The minimum absolute atomic E-state index is 0.0110. The van der Waals surface area contributed by atoms with Crippen LogP contribution in [0.15, 0.2) is 53.6 Å². The highest BCUT2D eigenvalue weighted by molar-refractivity contribution is 7.14. The molecule has 16 rings (SSSR count). The lowest BCUT2D eigenvalue weighted by Crippen LogP contribution is -2.39. The Kier molecular flexibility index (Phi) is 20.0. The highest BCUT2D eigenvalue weighted by Gasteiger charge is 2.38. The van der Waals surface area contributed by atoms with E-state index < -0.39 is 0 Å². The van der Waals surface area contributed by atoms with Crippen LogP contribution in [0.2, 0.25) is 0 Å². The summed E-state index contributed by atoms with van der Waals surface area (Å²) in [5.41, 5.74) is 10.5. The Morgan fingerprint density at radius 2 is 0.990 bits per heavy atom. The lowest BCUT2D eigenvalue weighted by molar-refractivity contribution is -0.115. The van der Waals surface area contributed by atoms with Gasteiger partial charge >= 0.3 is 0 Å². The number of fused-ring (bicyclic) bond motifs is 4. The van der Waals surface area contributed by atoms with Crippen molar-refractivity contribution >= 4 is 81.1 Å². The zero-order valence-corrected chi connectivity index (χ0v) is 60.6. The van der Waals surface area contributed by atoms with Crippen molar-refractivity contribution in [2.45, 2.75) is 176 Å². The second-order valence-electron chi connectivity index (χ2n) is 29.2. The van der Waals surface area contributed by atoms with Gasteiger partial charge in [0.05, 0.1) is 40.1 Å². The van der Waals surface area contributed by atoms with Crippen molar-refractivity contribution < 1.29 is 28.6 Å². The van der Waals surface area contributed by atoms with Crippen LogP contribution >= 0.6 is 11.3 Å². The van der Waals surface area contributed by atoms with Gasteiger partial charge < -0.3 is 40.0 Å². The van der Waals surface area contributed by atoms with Gasteiger partial charge in [0.1, 0.15) is 23.1 Å². The number of nitrogens with zero attached hydrogens (tertiary/aromatic N) is 19. The molecule has 15 heterocycles. The van der Waals surface area contributed by atoms with Crippen molar-refractivity contribution in [1.29, 1.82) is 0 Å². The Morgan fingerprint density at radius 3 is 1.43 bits per heavy atom. The summed E-state index contributed by atoms with van der Waals surface area (Å²) in [4.78, 5) is 94.4. The van der Waals surface area contributed by atoms with Gasteiger partial charge in [-0.05, 0) is 163 Å². The topological polar surface area (TPSA) is 276 Å². The third kappa shape index (κ3) is 14.2. The van der Waals surface area contributed by atoms with Gasteiger partial charge in [0, 0.05) is 144 Å². The van der Waals surface area contributed by atoms with Crippen LogP contribution in [0.4, 0.5) is 23.3 Å². The number of aromatic nitrogens is 13. The number of thiophene rings is 1. The Hall–Kier alpha value is -9.34. The average Bonchev–Trinajstić information content (AvgIpc) is 1.17. The quantitative estimate of drug-likeness (QED) is 0.115. The third-order valence-electron chi connectivity index (χ3n) is 21.4. The Morgan fingerprint density at radius 1 is 0.535 bits per heavy atom. The number of hydrogen-bond acceptors (Lipinski definition) is 19. The van der Waals surface area contributed by atoms with Crippen LogP contribution in [0.1, 0.15) is 227 Å². The minimum Gasteiger partial charge on any atom is -0.356 e. The maximum Gasteiger partial charge on any atom is 0.280 e. The van der Waals surface area contributed by atoms with E-state index in [1.54, 1.807) is 47.8 Å². The molecule has 6 fully saturated rings. The standard InChI is InChI=1S/C26H33N5OS.C24H32N8O2.C23H30N8O3/c1-17-10-12-29(15-17)25-18(2)16-31-24(27-25)14-20(28-31)21-8-5-6-11-30(21)26(32)23-13-19-7-3-4-9-22(19)33-23;1-15-8-10-30(13-15)22-16(2)14-32-21(26-22)12-17(28-32)19-7-5-6-9-31(19)24(34)20-11-18(23(33)25-3)27-29(20)4;1-4-19(32)25-21-20(27-34-28-21)23(33)30-9-6-5-7-17(30)16-11-18-24-22(15(3)13-31(18)26-16)29-10-8-14(2)12-29/h13-14,16-17,21H,3-12,15H2,1-2H3;11-12,14-15,19H,5-10,13H2,1-4H3,(H,25,33);11,13-14,17H,4-10,12H2,1-3H3,(H,25,28,32)/t17-,21-;15-,19-;14-,17-/m000/s1. The van der Waals surface area contributed by atoms with Gasteiger partial charge in [-0.25, -0.2) is 33.1 Å². The molecular formula is C73H95N21O6S. The van der Waals surface area contributed by atoms with E-state index in [0.29, 0.717) is 36.5 Å². The fourth-order valence-electron chi connectivity index (χ4n) is 15.9. The van der Waals surface area contributed by atoms with Gasteiger partial charge in [0.2, 0.25) is 17.4 Å². The molecule has 2 N–H and O–H groups in total. The van der Waals surface area contributed by atoms with Crippen LogP contribution < -0.4 is 25.3 Å². The first-order valence-electron chi connectivity index (χ1n) is 36.6. The van der Waals surface area contributed by atoms with Gasteiger partial charge in [0.15, 0.2) is 22.6 Å². The summed E-state index contributed by atoms with van der Waals surface area (Å²) in [5.74, 6) is 4.37. The van der Waals surface area contributed by atoms with E-state index in [2.05, 4.69) is 106 Å². The first kappa shape index (κ1) is 68.8. The van der Waals surface area contributed by atoms with Crippen molar-refractivity contribution in [2.75, 3.05) is 86.0 Å². The number of piperidine rings is 3. The largest absolute Gasteiger partial charge is 0.356 e. The van der Waals surface area contributed by atoms with Crippen LogP contribution in [0.25, 0.3) is 16.9 Å². The van der Waals surface area contributed by atoms with Crippen molar-refractivity contribution in [1.82, 2.24) is 83.9 Å². The minimum atomic E-state index is -0.328. The summed E-state index contributed by atoms with van der Waals surface area (Å²) in [7, 11) is 3.24. The SMILES string of the molecule is CCC(=O)Nc1nonc1C(=O)N1CCCC[C@H]1c1cc2nc(N3CC[C@H](C)C3)c(C)cn2n1.CNC(=O)c1cc(C(=O)N2CCCC[C@H]2c2cc3nc(N4CC[C@H](C)C4)c(C)cn3n2)n(C)n1.Cc1cn2nc([C@@H]3CCCCN3C(=O)c3cc4c(s3)CCCC4)cc2nc1N1CC[C@H](C)C1. The molecular weight excluding hydrogens is 1300 g/mol.